The molecular weight excluding hydrogens is 264 g/mol. The maximum absolute atomic E-state index is 11.0. The summed E-state index contributed by atoms with van der Waals surface area (Å²) in [5, 5.41) is 12.3. The van der Waals surface area contributed by atoms with Crippen LogP contribution in [0.1, 0.15) is 38.2 Å². The molecule has 1 heterocycles. The van der Waals surface area contributed by atoms with Gasteiger partial charge in [0.2, 0.25) is 0 Å². The number of carboxylic acid groups (broad SMARTS) is 1. The first kappa shape index (κ1) is 15.8. The highest BCUT2D eigenvalue weighted by Crippen LogP contribution is 2.22. The molecule has 106 valence electrons. The number of hydrogen-bond donors (Lipinski definition) is 2. The molecule has 5 heteroatoms. The minimum Gasteiger partial charge on any atom is -0.476 e. The summed E-state index contributed by atoms with van der Waals surface area (Å²) in [6, 6.07) is 3.26. The molecule has 0 unspecified atom stereocenters. The van der Waals surface area contributed by atoms with Gasteiger partial charge in [-0.3, -0.25) is 0 Å². The lowest BCUT2D eigenvalue weighted by Gasteiger charge is -2.25. The molecule has 1 aromatic heterocycles. The van der Waals surface area contributed by atoms with Gasteiger partial charge in [0.05, 0.1) is 5.02 Å². The molecule has 1 aromatic rings. The van der Waals surface area contributed by atoms with Crippen molar-refractivity contribution in [3.05, 3.63) is 22.8 Å². The number of pyridine rings is 1. The number of rotatable bonds is 6. The molecule has 0 spiro atoms. The number of anilines is 1. The Morgan fingerprint density at radius 3 is 2.37 bits per heavy atom. The van der Waals surface area contributed by atoms with Crippen LogP contribution in [-0.4, -0.2) is 22.6 Å². The number of carbonyl (C=O) groups is 1. The molecule has 0 amide bonds. The first-order valence-corrected chi connectivity index (χ1v) is 6.84. The van der Waals surface area contributed by atoms with Crippen molar-refractivity contribution in [1.82, 2.24) is 4.98 Å². The van der Waals surface area contributed by atoms with Crippen molar-refractivity contribution in [2.45, 2.75) is 27.7 Å². The zero-order chi connectivity index (χ0) is 14.6. The highest BCUT2D eigenvalue weighted by Gasteiger charge is 2.18. The van der Waals surface area contributed by atoms with Crippen LogP contribution in [0.4, 0.5) is 5.82 Å². The average Bonchev–Trinajstić information content (AvgIpc) is 2.30. The normalized spacial score (nSPS) is 11.4. The van der Waals surface area contributed by atoms with Crippen LogP contribution in [0.15, 0.2) is 12.1 Å². The Hall–Kier alpha value is -1.29. The minimum atomic E-state index is -1.11. The number of nitrogens with one attached hydrogen (secondary N) is 1. The van der Waals surface area contributed by atoms with Crippen LogP contribution in [0, 0.1) is 17.8 Å². The molecule has 0 saturated heterocycles. The highest BCUT2D eigenvalue weighted by molar-refractivity contribution is 6.33. The summed E-state index contributed by atoms with van der Waals surface area (Å²) in [6.45, 7) is 9.51. The van der Waals surface area contributed by atoms with E-state index in [4.69, 9.17) is 16.7 Å². The van der Waals surface area contributed by atoms with Gasteiger partial charge < -0.3 is 10.4 Å². The number of aromatic nitrogens is 1. The Balaban J connectivity index is 2.78. The molecule has 2 N–H and O–H groups in total. The molecule has 0 radical (unpaired) electrons. The van der Waals surface area contributed by atoms with Crippen molar-refractivity contribution >= 4 is 23.4 Å². The van der Waals surface area contributed by atoms with Gasteiger partial charge in [-0.25, -0.2) is 9.78 Å². The van der Waals surface area contributed by atoms with Gasteiger partial charge in [-0.15, -0.1) is 0 Å². The van der Waals surface area contributed by atoms with E-state index in [-0.39, 0.29) is 10.7 Å². The second-order valence-corrected chi connectivity index (χ2v) is 5.77. The minimum absolute atomic E-state index is 0.114. The number of nitrogens with zero attached hydrogens (tertiary/aromatic N) is 1. The van der Waals surface area contributed by atoms with Crippen LogP contribution in [0.5, 0.6) is 0 Å². The zero-order valence-electron chi connectivity index (χ0n) is 11.8. The monoisotopic (exact) mass is 284 g/mol. The Bertz CT molecular complexity index is 439. The van der Waals surface area contributed by atoms with Crippen molar-refractivity contribution in [3.8, 4) is 0 Å². The lowest BCUT2D eigenvalue weighted by Crippen LogP contribution is -2.25. The Kier molecular flexibility index (Phi) is 5.60. The van der Waals surface area contributed by atoms with E-state index in [1.54, 1.807) is 12.1 Å². The molecule has 0 fully saturated rings. The summed E-state index contributed by atoms with van der Waals surface area (Å²) in [7, 11) is 0. The van der Waals surface area contributed by atoms with Gasteiger partial charge in [0.15, 0.2) is 5.69 Å². The molecule has 0 atom stereocenters. The van der Waals surface area contributed by atoms with Crippen LogP contribution in [-0.2, 0) is 0 Å². The largest absolute Gasteiger partial charge is 0.476 e. The Labute approximate surface area is 119 Å². The van der Waals surface area contributed by atoms with Crippen molar-refractivity contribution < 1.29 is 9.90 Å². The molecule has 19 heavy (non-hydrogen) atoms. The number of carboxylic acids is 1. The second kappa shape index (κ2) is 6.75. The number of halogens is 1. The third kappa shape index (κ3) is 4.39. The van der Waals surface area contributed by atoms with E-state index in [1.165, 1.54) is 0 Å². The quantitative estimate of drug-likeness (QED) is 0.835. The summed E-state index contributed by atoms with van der Waals surface area (Å²) in [5.41, 5.74) is -0.114. The standard InChI is InChI=1S/C14H21ClN2O2/c1-8(2)10(9(3)4)7-16-12-6-5-11(15)13(17-12)14(18)19/h5-6,8-10H,7H2,1-4H3,(H,16,17)(H,18,19). The fraction of sp³-hybridized carbons (Fsp3) is 0.571. The van der Waals surface area contributed by atoms with E-state index >= 15 is 0 Å². The van der Waals surface area contributed by atoms with Crippen LogP contribution >= 0.6 is 11.6 Å². The topological polar surface area (TPSA) is 62.2 Å². The first-order chi connectivity index (χ1) is 8.82. The Morgan fingerprint density at radius 1 is 1.32 bits per heavy atom. The molecule has 4 nitrogen and oxygen atoms in total. The lowest BCUT2D eigenvalue weighted by atomic mass is 9.85. The van der Waals surface area contributed by atoms with E-state index in [9.17, 15) is 4.79 Å². The summed E-state index contributed by atoms with van der Waals surface area (Å²) in [6.07, 6.45) is 0. The number of hydrogen-bond acceptors (Lipinski definition) is 3. The smallest absolute Gasteiger partial charge is 0.356 e. The molecule has 0 saturated carbocycles. The predicted molar refractivity (Wildman–Crippen MR) is 77.9 cm³/mol. The summed E-state index contributed by atoms with van der Waals surface area (Å²) in [4.78, 5) is 15.0. The summed E-state index contributed by atoms with van der Waals surface area (Å²) >= 11 is 5.78. The third-order valence-electron chi connectivity index (χ3n) is 3.28. The molecular formula is C14H21ClN2O2. The van der Waals surface area contributed by atoms with Gasteiger partial charge >= 0.3 is 5.97 Å². The van der Waals surface area contributed by atoms with Crippen LogP contribution in [0.3, 0.4) is 0 Å². The summed E-state index contributed by atoms with van der Waals surface area (Å²) < 4.78 is 0. The lowest BCUT2D eigenvalue weighted by molar-refractivity contribution is 0.0691. The van der Waals surface area contributed by atoms with Crippen LogP contribution in [0.25, 0.3) is 0 Å². The van der Waals surface area contributed by atoms with Gasteiger partial charge in [-0.1, -0.05) is 39.3 Å². The molecule has 0 aliphatic carbocycles. The van der Waals surface area contributed by atoms with E-state index in [2.05, 4.69) is 38.0 Å². The fourth-order valence-corrected chi connectivity index (χ4v) is 2.34. The fourth-order valence-electron chi connectivity index (χ4n) is 2.15. The third-order valence-corrected chi connectivity index (χ3v) is 3.59. The second-order valence-electron chi connectivity index (χ2n) is 5.36. The maximum Gasteiger partial charge on any atom is 0.356 e. The van der Waals surface area contributed by atoms with Crippen molar-refractivity contribution in [3.63, 3.8) is 0 Å². The highest BCUT2D eigenvalue weighted by atomic mass is 35.5. The van der Waals surface area contributed by atoms with Gasteiger partial charge in [-0.05, 0) is 29.9 Å². The van der Waals surface area contributed by atoms with E-state index < -0.39 is 5.97 Å². The van der Waals surface area contributed by atoms with Gasteiger partial charge in [0, 0.05) is 6.54 Å². The first-order valence-electron chi connectivity index (χ1n) is 6.46. The zero-order valence-corrected chi connectivity index (χ0v) is 12.5. The summed E-state index contributed by atoms with van der Waals surface area (Å²) in [5.74, 6) is 1.05. The van der Waals surface area contributed by atoms with Crippen LogP contribution in [0.2, 0.25) is 5.02 Å². The van der Waals surface area contributed by atoms with Gasteiger partial charge in [-0.2, -0.15) is 0 Å². The van der Waals surface area contributed by atoms with E-state index in [0.717, 1.165) is 6.54 Å². The van der Waals surface area contributed by atoms with Gasteiger partial charge in [0.25, 0.3) is 0 Å². The van der Waals surface area contributed by atoms with Crippen molar-refractivity contribution in [2.75, 3.05) is 11.9 Å². The predicted octanol–water partition coefficient (Wildman–Crippen LogP) is 3.77. The van der Waals surface area contributed by atoms with Crippen molar-refractivity contribution in [2.24, 2.45) is 17.8 Å². The molecule has 0 aliphatic heterocycles. The maximum atomic E-state index is 11.0. The molecule has 0 aliphatic rings. The number of aromatic carboxylic acids is 1. The molecule has 0 bridgehead atoms. The van der Waals surface area contributed by atoms with Crippen LogP contribution < -0.4 is 5.32 Å². The molecule has 0 aromatic carbocycles. The molecule has 1 rings (SSSR count). The Morgan fingerprint density at radius 2 is 1.89 bits per heavy atom. The van der Waals surface area contributed by atoms with Gasteiger partial charge in [0.1, 0.15) is 5.82 Å². The van der Waals surface area contributed by atoms with E-state index in [1.807, 2.05) is 0 Å². The average molecular weight is 285 g/mol. The van der Waals surface area contributed by atoms with E-state index in [0.29, 0.717) is 23.6 Å². The SMILES string of the molecule is CC(C)C(CNc1ccc(Cl)c(C(=O)O)n1)C(C)C. The van der Waals surface area contributed by atoms with Crippen molar-refractivity contribution in [1.29, 1.82) is 0 Å².